The van der Waals surface area contributed by atoms with E-state index in [1.807, 2.05) is 0 Å². The molecule has 5 nitrogen and oxygen atoms in total. The highest BCUT2D eigenvalue weighted by Gasteiger charge is 2.70. The van der Waals surface area contributed by atoms with Crippen LogP contribution < -0.4 is 0 Å². The predicted molar refractivity (Wildman–Crippen MR) is 87.9 cm³/mol. The van der Waals surface area contributed by atoms with Crippen LogP contribution in [0.3, 0.4) is 0 Å². The first-order valence-electron chi connectivity index (χ1n) is 8.54. The van der Waals surface area contributed by atoms with Gasteiger partial charge >= 0.3 is 0 Å². The van der Waals surface area contributed by atoms with Crippen LogP contribution in [0.2, 0.25) is 5.15 Å². The molecule has 1 aliphatic heterocycles. The summed E-state index contributed by atoms with van der Waals surface area (Å²) in [5, 5.41) is 21.6. The zero-order valence-electron chi connectivity index (χ0n) is 13.0. The zero-order chi connectivity index (χ0) is 16.6. The molecule has 1 amide bonds. The topological polar surface area (TPSA) is 73.7 Å². The summed E-state index contributed by atoms with van der Waals surface area (Å²) >= 11 is 5.87. The number of hydrogen-bond donors (Lipinski definition) is 2. The number of hydrogen-bond acceptors (Lipinski definition) is 4. The first-order valence-corrected chi connectivity index (χ1v) is 8.92. The second kappa shape index (κ2) is 5.04. The van der Waals surface area contributed by atoms with E-state index < -0.39 is 12.2 Å². The van der Waals surface area contributed by atoms with E-state index in [1.165, 1.54) is 6.08 Å². The molecule has 8 unspecified atom stereocenters. The van der Waals surface area contributed by atoms with E-state index in [2.05, 4.69) is 4.98 Å². The Hall–Kier alpha value is -1.43. The van der Waals surface area contributed by atoms with Crippen LogP contribution in [0.5, 0.6) is 0 Å². The lowest BCUT2D eigenvalue weighted by molar-refractivity contribution is -0.148. The summed E-state index contributed by atoms with van der Waals surface area (Å²) < 4.78 is 0. The molecule has 4 fully saturated rings. The van der Waals surface area contributed by atoms with E-state index in [0.717, 1.165) is 18.4 Å². The van der Waals surface area contributed by atoms with Crippen molar-refractivity contribution >= 4 is 23.6 Å². The van der Waals surface area contributed by atoms with Crippen LogP contribution in [-0.2, 0) is 4.79 Å². The number of amides is 1. The highest BCUT2D eigenvalue weighted by molar-refractivity contribution is 6.29. The number of aliphatic hydroxyl groups is 2. The summed E-state index contributed by atoms with van der Waals surface area (Å²) in [6.07, 6.45) is 5.71. The fourth-order valence-electron chi connectivity index (χ4n) is 5.98. The molecule has 1 saturated heterocycles. The number of fused-ring (bicyclic) bond motifs is 3. The number of nitrogens with zero attached hydrogens (tertiary/aromatic N) is 2. The lowest BCUT2D eigenvalue weighted by Gasteiger charge is -2.47. The van der Waals surface area contributed by atoms with Crippen LogP contribution in [0.4, 0.5) is 0 Å². The van der Waals surface area contributed by atoms with Crippen LogP contribution in [-0.4, -0.2) is 50.3 Å². The van der Waals surface area contributed by atoms with Gasteiger partial charge in [0.1, 0.15) is 5.15 Å². The Morgan fingerprint density at radius 3 is 2.88 bits per heavy atom. The number of halogens is 1. The molecule has 2 heterocycles. The molecule has 1 aromatic heterocycles. The molecule has 4 bridgehead atoms. The minimum absolute atomic E-state index is 0.134. The first kappa shape index (κ1) is 14.9. The highest BCUT2D eigenvalue weighted by Crippen LogP contribution is 2.64. The lowest BCUT2D eigenvalue weighted by Crippen LogP contribution is -2.62. The third kappa shape index (κ3) is 1.83. The number of likely N-dealkylation sites (tertiary alicyclic amines) is 1. The average Bonchev–Trinajstić information content (AvgIpc) is 3.12. The molecule has 1 aromatic rings. The minimum atomic E-state index is -0.443. The van der Waals surface area contributed by atoms with Gasteiger partial charge in [0.25, 0.3) is 0 Å². The van der Waals surface area contributed by atoms with Crippen LogP contribution >= 0.6 is 11.6 Å². The first-order chi connectivity index (χ1) is 11.6. The number of rotatable bonds is 2. The maximum atomic E-state index is 12.9. The van der Waals surface area contributed by atoms with Gasteiger partial charge in [-0.1, -0.05) is 11.6 Å². The summed E-state index contributed by atoms with van der Waals surface area (Å²) in [5.41, 5.74) is 0.805. The molecule has 126 valence electrons. The summed E-state index contributed by atoms with van der Waals surface area (Å²) in [6.45, 7) is 0. The highest BCUT2D eigenvalue weighted by atomic mass is 35.5. The van der Waals surface area contributed by atoms with Crippen LogP contribution in [0.1, 0.15) is 18.4 Å². The van der Waals surface area contributed by atoms with E-state index in [1.54, 1.807) is 29.3 Å². The van der Waals surface area contributed by atoms with Crippen molar-refractivity contribution in [2.75, 3.05) is 0 Å². The van der Waals surface area contributed by atoms with E-state index >= 15 is 0 Å². The molecule has 0 spiro atoms. The van der Waals surface area contributed by atoms with Crippen molar-refractivity contribution in [2.24, 2.45) is 23.7 Å². The number of aliphatic hydroxyl groups excluding tert-OH is 2. The lowest BCUT2D eigenvalue weighted by atomic mass is 9.75. The van der Waals surface area contributed by atoms with Crippen molar-refractivity contribution in [1.82, 2.24) is 9.88 Å². The van der Waals surface area contributed by atoms with Gasteiger partial charge in [-0.05, 0) is 60.3 Å². The maximum absolute atomic E-state index is 12.9. The molecule has 4 aliphatic rings. The molecular formula is C18H19ClN2O3. The summed E-state index contributed by atoms with van der Waals surface area (Å²) in [4.78, 5) is 18.5. The van der Waals surface area contributed by atoms with E-state index in [0.29, 0.717) is 11.1 Å². The number of carbonyl (C=O) groups excluding carboxylic acids is 1. The Kier molecular flexibility index (Phi) is 3.12. The third-order valence-corrected chi connectivity index (χ3v) is 6.92. The Morgan fingerprint density at radius 1 is 1.25 bits per heavy atom. The molecule has 24 heavy (non-hydrogen) atoms. The minimum Gasteiger partial charge on any atom is -0.391 e. The fraction of sp³-hybridized carbons (Fsp3) is 0.556. The fourth-order valence-corrected chi connectivity index (χ4v) is 6.17. The van der Waals surface area contributed by atoms with Gasteiger partial charge in [-0.15, -0.1) is 0 Å². The molecule has 5 rings (SSSR count). The van der Waals surface area contributed by atoms with Gasteiger partial charge in [-0.25, -0.2) is 4.98 Å². The second-order valence-electron chi connectivity index (χ2n) is 7.57. The average molecular weight is 347 g/mol. The Balaban J connectivity index is 1.45. The smallest absolute Gasteiger partial charge is 0.247 e. The molecule has 2 N–H and O–H groups in total. The number of carbonyl (C=O) groups is 1. The molecule has 6 heteroatoms. The number of pyridine rings is 1. The van der Waals surface area contributed by atoms with E-state index in [4.69, 9.17) is 11.6 Å². The van der Waals surface area contributed by atoms with E-state index in [-0.39, 0.29) is 35.7 Å². The molecular weight excluding hydrogens is 328 g/mol. The molecule has 3 aliphatic carbocycles. The van der Waals surface area contributed by atoms with Gasteiger partial charge in [0.05, 0.1) is 24.3 Å². The molecule has 0 aromatic carbocycles. The van der Waals surface area contributed by atoms with E-state index in [9.17, 15) is 15.0 Å². The normalized spacial score (nSPS) is 44.9. The molecule has 8 atom stereocenters. The van der Waals surface area contributed by atoms with Gasteiger partial charge < -0.3 is 15.1 Å². The molecule has 3 saturated carbocycles. The summed E-state index contributed by atoms with van der Waals surface area (Å²) in [7, 11) is 0. The summed E-state index contributed by atoms with van der Waals surface area (Å²) in [5.74, 6) is 1.02. The maximum Gasteiger partial charge on any atom is 0.247 e. The Morgan fingerprint density at radius 2 is 2.08 bits per heavy atom. The second-order valence-corrected chi connectivity index (χ2v) is 7.96. The van der Waals surface area contributed by atoms with Crippen LogP contribution in [0.25, 0.3) is 6.08 Å². The third-order valence-electron chi connectivity index (χ3n) is 6.71. The van der Waals surface area contributed by atoms with Gasteiger partial charge in [-0.3, -0.25) is 4.79 Å². The van der Waals surface area contributed by atoms with Gasteiger partial charge in [-0.2, -0.15) is 0 Å². The Bertz CT molecular complexity index is 739. The standard InChI is InChI=1S/C18H19ClN2O3/c19-13-5-8(3-4-20-13)1-2-14(22)21-12-7-9-10-6-11(15(9)18(12)24)16(21)17(10)23/h1-5,9-12,15-18,23-24H,6-7H2. The zero-order valence-corrected chi connectivity index (χ0v) is 13.8. The monoisotopic (exact) mass is 346 g/mol. The van der Waals surface area contributed by atoms with Crippen LogP contribution in [0, 0.1) is 23.7 Å². The quantitative estimate of drug-likeness (QED) is 0.626. The SMILES string of the molecule is O=C(C=Cc1ccnc(Cl)c1)N1C2CC3C4CC(C3C2O)C1C4O. The number of aromatic nitrogens is 1. The van der Waals surface area contributed by atoms with Crippen molar-refractivity contribution in [3.8, 4) is 0 Å². The Labute approximate surface area is 144 Å². The summed E-state index contributed by atoms with van der Waals surface area (Å²) in [6, 6.07) is 3.19. The van der Waals surface area contributed by atoms with Crippen molar-refractivity contribution in [2.45, 2.75) is 37.1 Å². The van der Waals surface area contributed by atoms with Crippen molar-refractivity contribution in [1.29, 1.82) is 0 Å². The van der Waals surface area contributed by atoms with Gasteiger partial charge in [0.2, 0.25) is 5.91 Å². The number of piperidine rings is 1. The predicted octanol–water partition coefficient (Wildman–Crippen LogP) is 1.34. The van der Waals surface area contributed by atoms with Crippen molar-refractivity contribution in [3.05, 3.63) is 35.1 Å². The van der Waals surface area contributed by atoms with Crippen LogP contribution in [0.15, 0.2) is 24.4 Å². The molecule has 0 radical (unpaired) electrons. The van der Waals surface area contributed by atoms with Gasteiger partial charge in [0.15, 0.2) is 0 Å². The largest absolute Gasteiger partial charge is 0.391 e. The van der Waals surface area contributed by atoms with Gasteiger partial charge in [0, 0.05) is 12.3 Å². The van der Waals surface area contributed by atoms with Crippen molar-refractivity contribution in [3.63, 3.8) is 0 Å². The van der Waals surface area contributed by atoms with Crippen molar-refractivity contribution < 1.29 is 15.0 Å².